The third-order valence-corrected chi connectivity index (χ3v) is 3.11. The smallest absolute Gasteiger partial charge is 0.203 e. The maximum atomic E-state index is 8.88. The van der Waals surface area contributed by atoms with Crippen LogP contribution in [0.3, 0.4) is 0 Å². The van der Waals surface area contributed by atoms with Gasteiger partial charge >= 0.3 is 0 Å². The van der Waals surface area contributed by atoms with Crippen LogP contribution >= 0.6 is 0 Å². The van der Waals surface area contributed by atoms with Crippen LogP contribution < -0.4 is 18.9 Å². The van der Waals surface area contributed by atoms with Crippen LogP contribution in [0.5, 0.6) is 28.7 Å². The van der Waals surface area contributed by atoms with Gasteiger partial charge in [-0.15, -0.1) is 0 Å². The van der Waals surface area contributed by atoms with Crippen molar-refractivity contribution in [3.8, 4) is 34.8 Å². The zero-order valence-corrected chi connectivity index (χ0v) is 12.8. The van der Waals surface area contributed by atoms with Crippen molar-refractivity contribution in [2.45, 2.75) is 6.42 Å². The first-order chi connectivity index (χ1) is 10.7. The summed E-state index contributed by atoms with van der Waals surface area (Å²) in [6.45, 7) is 0. The molecule has 0 aliphatic rings. The van der Waals surface area contributed by atoms with Crippen molar-refractivity contribution in [3.05, 3.63) is 42.0 Å². The van der Waals surface area contributed by atoms with Gasteiger partial charge in [0.15, 0.2) is 11.5 Å². The molecule has 0 N–H and O–H groups in total. The number of rotatable bonds is 6. The van der Waals surface area contributed by atoms with E-state index in [0.717, 1.165) is 5.56 Å². The predicted molar refractivity (Wildman–Crippen MR) is 81.9 cm³/mol. The molecule has 0 bridgehead atoms. The summed E-state index contributed by atoms with van der Waals surface area (Å²) >= 11 is 0. The Hall–Kier alpha value is -2.87. The first-order valence-electron chi connectivity index (χ1n) is 6.66. The van der Waals surface area contributed by atoms with E-state index in [2.05, 4.69) is 6.07 Å². The van der Waals surface area contributed by atoms with Gasteiger partial charge in [0.05, 0.1) is 33.8 Å². The SMILES string of the molecule is COc1cc(Oc2ccccc2CC#N)cc(OC)c1OC. The topological polar surface area (TPSA) is 60.7 Å². The first-order valence-corrected chi connectivity index (χ1v) is 6.66. The van der Waals surface area contributed by atoms with Crippen molar-refractivity contribution in [1.29, 1.82) is 5.26 Å². The van der Waals surface area contributed by atoms with E-state index in [-0.39, 0.29) is 6.42 Å². The Morgan fingerprint density at radius 1 is 0.909 bits per heavy atom. The summed E-state index contributed by atoms with van der Waals surface area (Å²) in [5.74, 6) is 2.69. The average molecular weight is 299 g/mol. The maximum absolute atomic E-state index is 8.88. The molecule has 0 aliphatic heterocycles. The molecule has 0 fully saturated rings. The van der Waals surface area contributed by atoms with Gasteiger partial charge in [-0.1, -0.05) is 18.2 Å². The molecule has 0 unspecified atom stereocenters. The lowest BCUT2D eigenvalue weighted by atomic mass is 10.1. The quantitative estimate of drug-likeness (QED) is 0.816. The summed E-state index contributed by atoms with van der Waals surface area (Å²) in [6, 6.07) is 12.9. The standard InChI is InChI=1S/C17H17NO4/c1-19-15-10-13(11-16(20-2)17(15)21-3)22-14-7-5-4-6-12(14)8-9-18/h4-7,10-11H,8H2,1-3H3. The Labute approximate surface area is 129 Å². The third-order valence-electron chi connectivity index (χ3n) is 3.11. The lowest BCUT2D eigenvalue weighted by Gasteiger charge is -2.15. The summed E-state index contributed by atoms with van der Waals surface area (Å²) in [5.41, 5.74) is 0.818. The lowest BCUT2D eigenvalue weighted by molar-refractivity contribution is 0.321. The van der Waals surface area contributed by atoms with Gasteiger partial charge in [-0.05, 0) is 6.07 Å². The Morgan fingerprint density at radius 3 is 2.09 bits per heavy atom. The van der Waals surface area contributed by atoms with Crippen LogP contribution in [0, 0.1) is 11.3 Å². The molecule has 2 aromatic carbocycles. The summed E-state index contributed by atoms with van der Waals surface area (Å²) in [7, 11) is 4.64. The molecule has 0 saturated carbocycles. The molecule has 22 heavy (non-hydrogen) atoms. The summed E-state index contributed by atoms with van der Waals surface area (Å²) in [6.07, 6.45) is 0.278. The predicted octanol–water partition coefficient (Wildman–Crippen LogP) is 3.57. The highest BCUT2D eigenvalue weighted by atomic mass is 16.5. The van der Waals surface area contributed by atoms with Crippen molar-refractivity contribution in [2.75, 3.05) is 21.3 Å². The van der Waals surface area contributed by atoms with Crippen LogP contribution in [0.15, 0.2) is 36.4 Å². The van der Waals surface area contributed by atoms with Gasteiger partial charge in [-0.25, -0.2) is 0 Å². The van der Waals surface area contributed by atoms with Crippen molar-refractivity contribution in [3.63, 3.8) is 0 Å². The van der Waals surface area contributed by atoms with E-state index >= 15 is 0 Å². The molecular formula is C17H17NO4. The van der Waals surface area contributed by atoms with Gasteiger partial charge in [-0.2, -0.15) is 5.26 Å². The number of methoxy groups -OCH3 is 3. The van der Waals surface area contributed by atoms with Crippen molar-refractivity contribution in [1.82, 2.24) is 0 Å². The summed E-state index contributed by atoms with van der Waals surface area (Å²) < 4.78 is 21.8. The zero-order valence-electron chi connectivity index (χ0n) is 12.8. The minimum absolute atomic E-state index is 0.278. The second kappa shape index (κ2) is 7.23. The number of para-hydroxylation sites is 1. The second-order valence-electron chi connectivity index (χ2n) is 4.41. The number of nitrogens with zero attached hydrogens (tertiary/aromatic N) is 1. The molecule has 0 amide bonds. The second-order valence-corrected chi connectivity index (χ2v) is 4.41. The van der Waals surface area contributed by atoms with Crippen LogP contribution in [0.1, 0.15) is 5.56 Å². The number of benzene rings is 2. The van der Waals surface area contributed by atoms with Gasteiger partial charge in [-0.3, -0.25) is 0 Å². The van der Waals surface area contributed by atoms with Crippen molar-refractivity contribution >= 4 is 0 Å². The minimum atomic E-state index is 0.278. The van der Waals surface area contributed by atoms with E-state index in [0.29, 0.717) is 28.7 Å². The van der Waals surface area contributed by atoms with Gasteiger partial charge in [0.1, 0.15) is 11.5 Å². The van der Waals surface area contributed by atoms with E-state index in [9.17, 15) is 0 Å². The molecule has 5 nitrogen and oxygen atoms in total. The van der Waals surface area contributed by atoms with Gasteiger partial charge < -0.3 is 18.9 Å². The number of hydrogen-bond donors (Lipinski definition) is 0. The highest BCUT2D eigenvalue weighted by Gasteiger charge is 2.15. The molecule has 0 radical (unpaired) electrons. The van der Waals surface area contributed by atoms with Gasteiger partial charge in [0.25, 0.3) is 0 Å². The van der Waals surface area contributed by atoms with Crippen molar-refractivity contribution < 1.29 is 18.9 Å². The van der Waals surface area contributed by atoms with E-state index in [1.165, 1.54) is 0 Å². The monoisotopic (exact) mass is 299 g/mol. The third kappa shape index (κ3) is 3.23. The molecule has 114 valence electrons. The average Bonchev–Trinajstić information content (AvgIpc) is 2.55. The molecule has 2 aromatic rings. The zero-order chi connectivity index (χ0) is 15.9. The van der Waals surface area contributed by atoms with Crippen LogP contribution in [-0.4, -0.2) is 21.3 Å². The number of ether oxygens (including phenoxy) is 4. The molecule has 0 saturated heterocycles. The Morgan fingerprint density at radius 2 is 1.55 bits per heavy atom. The lowest BCUT2D eigenvalue weighted by Crippen LogP contribution is -1.97. The Balaban J connectivity index is 2.40. The van der Waals surface area contributed by atoms with Crippen LogP contribution in [0.25, 0.3) is 0 Å². The number of hydrogen-bond acceptors (Lipinski definition) is 5. The Bertz CT molecular complexity index is 666. The molecule has 0 heterocycles. The largest absolute Gasteiger partial charge is 0.493 e. The van der Waals surface area contributed by atoms with Crippen molar-refractivity contribution in [2.24, 2.45) is 0 Å². The summed E-state index contributed by atoms with van der Waals surface area (Å²) in [5, 5.41) is 8.88. The maximum Gasteiger partial charge on any atom is 0.203 e. The summed E-state index contributed by atoms with van der Waals surface area (Å²) in [4.78, 5) is 0. The van der Waals surface area contributed by atoms with Gasteiger partial charge in [0, 0.05) is 17.7 Å². The normalized spacial score (nSPS) is 9.73. The van der Waals surface area contributed by atoms with E-state index in [1.54, 1.807) is 33.5 Å². The number of nitriles is 1. The van der Waals surface area contributed by atoms with Crippen LogP contribution in [-0.2, 0) is 6.42 Å². The highest BCUT2D eigenvalue weighted by molar-refractivity contribution is 5.56. The molecule has 0 spiro atoms. The minimum Gasteiger partial charge on any atom is -0.493 e. The molecule has 0 aliphatic carbocycles. The van der Waals surface area contributed by atoms with E-state index in [1.807, 2.05) is 24.3 Å². The molecular weight excluding hydrogens is 282 g/mol. The fourth-order valence-corrected chi connectivity index (χ4v) is 2.08. The van der Waals surface area contributed by atoms with Gasteiger partial charge in [0.2, 0.25) is 5.75 Å². The van der Waals surface area contributed by atoms with Crippen LogP contribution in [0.4, 0.5) is 0 Å². The molecule has 0 atom stereocenters. The molecule has 0 aromatic heterocycles. The first kappa shape index (κ1) is 15.5. The van der Waals surface area contributed by atoms with E-state index < -0.39 is 0 Å². The van der Waals surface area contributed by atoms with E-state index in [4.69, 9.17) is 24.2 Å². The Kier molecular flexibility index (Phi) is 5.10. The molecule has 5 heteroatoms. The fraction of sp³-hybridized carbons (Fsp3) is 0.235. The molecule has 2 rings (SSSR count). The van der Waals surface area contributed by atoms with Crippen LogP contribution in [0.2, 0.25) is 0 Å². The highest BCUT2D eigenvalue weighted by Crippen LogP contribution is 2.42. The fourth-order valence-electron chi connectivity index (χ4n) is 2.08.